The van der Waals surface area contributed by atoms with Gasteiger partial charge in [-0.05, 0) is 26.3 Å². The van der Waals surface area contributed by atoms with Gasteiger partial charge >= 0.3 is 0 Å². The second-order valence-electron chi connectivity index (χ2n) is 3.07. The van der Waals surface area contributed by atoms with Crippen molar-refractivity contribution in [2.24, 2.45) is 0 Å². The molecule has 0 saturated heterocycles. The standard InChI is InChI=1S/C10H19N3O/c1-2-13-10(14)6-9-12-8-5-3-4-7-11/h12H,2-6,8-9H2,1H3,(H,13,14). The van der Waals surface area contributed by atoms with Crippen LogP contribution in [0.4, 0.5) is 0 Å². The van der Waals surface area contributed by atoms with E-state index in [-0.39, 0.29) is 5.91 Å². The van der Waals surface area contributed by atoms with E-state index in [1.54, 1.807) is 0 Å². The quantitative estimate of drug-likeness (QED) is 0.566. The van der Waals surface area contributed by atoms with Crippen LogP contribution in [0, 0.1) is 11.3 Å². The molecule has 0 saturated carbocycles. The molecule has 14 heavy (non-hydrogen) atoms. The third-order valence-corrected chi connectivity index (χ3v) is 1.79. The molecule has 0 spiro atoms. The van der Waals surface area contributed by atoms with Crippen molar-refractivity contribution in [3.05, 3.63) is 0 Å². The second-order valence-corrected chi connectivity index (χ2v) is 3.07. The molecule has 2 N–H and O–H groups in total. The summed E-state index contributed by atoms with van der Waals surface area (Å²) in [4.78, 5) is 11.0. The topological polar surface area (TPSA) is 64.9 Å². The number of carbonyl (C=O) groups is 1. The Morgan fingerprint density at radius 1 is 1.36 bits per heavy atom. The van der Waals surface area contributed by atoms with E-state index >= 15 is 0 Å². The lowest BCUT2D eigenvalue weighted by Crippen LogP contribution is -2.27. The monoisotopic (exact) mass is 197 g/mol. The highest BCUT2D eigenvalue weighted by molar-refractivity contribution is 5.75. The number of amides is 1. The van der Waals surface area contributed by atoms with E-state index < -0.39 is 0 Å². The highest BCUT2D eigenvalue weighted by atomic mass is 16.1. The minimum absolute atomic E-state index is 0.0945. The maximum Gasteiger partial charge on any atom is 0.221 e. The fourth-order valence-corrected chi connectivity index (χ4v) is 1.07. The van der Waals surface area contributed by atoms with Crippen molar-refractivity contribution in [1.29, 1.82) is 5.26 Å². The fourth-order valence-electron chi connectivity index (χ4n) is 1.07. The average molecular weight is 197 g/mol. The number of carbonyl (C=O) groups excluding carboxylic acids is 1. The normalized spacial score (nSPS) is 9.43. The molecule has 0 fully saturated rings. The molecule has 0 aliphatic heterocycles. The predicted molar refractivity (Wildman–Crippen MR) is 55.6 cm³/mol. The molecular weight excluding hydrogens is 178 g/mol. The molecule has 4 heteroatoms. The Hall–Kier alpha value is -1.08. The summed E-state index contributed by atoms with van der Waals surface area (Å²) in [6.07, 6.45) is 3.09. The summed E-state index contributed by atoms with van der Waals surface area (Å²) in [5, 5.41) is 14.2. The SMILES string of the molecule is CCNC(=O)CCNCCCCC#N. The first-order chi connectivity index (χ1) is 6.81. The molecule has 1 amide bonds. The summed E-state index contributed by atoms with van der Waals surface area (Å²) in [5.74, 6) is 0.0945. The fraction of sp³-hybridized carbons (Fsp3) is 0.800. The molecule has 0 aromatic heterocycles. The first kappa shape index (κ1) is 12.9. The van der Waals surface area contributed by atoms with Crippen molar-refractivity contribution in [2.75, 3.05) is 19.6 Å². The number of nitriles is 1. The van der Waals surface area contributed by atoms with Crippen LogP contribution >= 0.6 is 0 Å². The molecule has 0 heterocycles. The van der Waals surface area contributed by atoms with Crippen molar-refractivity contribution >= 4 is 5.91 Å². The number of hydrogen-bond donors (Lipinski definition) is 2. The molecule has 0 rings (SSSR count). The van der Waals surface area contributed by atoms with E-state index in [1.807, 2.05) is 6.92 Å². The lowest BCUT2D eigenvalue weighted by molar-refractivity contribution is -0.120. The minimum atomic E-state index is 0.0945. The van der Waals surface area contributed by atoms with Gasteiger partial charge in [-0.2, -0.15) is 5.26 Å². The van der Waals surface area contributed by atoms with Crippen LogP contribution in [0.1, 0.15) is 32.6 Å². The first-order valence-corrected chi connectivity index (χ1v) is 5.15. The number of unbranched alkanes of at least 4 members (excludes halogenated alkanes) is 2. The second kappa shape index (κ2) is 10.0. The van der Waals surface area contributed by atoms with Crippen molar-refractivity contribution in [3.63, 3.8) is 0 Å². The van der Waals surface area contributed by atoms with E-state index in [0.717, 1.165) is 25.9 Å². The molecular formula is C10H19N3O. The van der Waals surface area contributed by atoms with Crippen LogP contribution in [0.15, 0.2) is 0 Å². The maximum atomic E-state index is 11.0. The molecule has 0 radical (unpaired) electrons. The van der Waals surface area contributed by atoms with E-state index in [2.05, 4.69) is 16.7 Å². The van der Waals surface area contributed by atoms with Gasteiger partial charge < -0.3 is 10.6 Å². The minimum Gasteiger partial charge on any atom is -0.356 e. The first-order valence-electron chi connectivity index (χ1n) is 5.15. The molecule has 80 valence electrons. The van der Waals surface area contributed by atoms with Crippen LogP contribution in [0.2, 0.25) is 0 Å². The summed E-state index contributed by atoms with van der Waals surface area (Å²) < 4.78 is 0. The van der Waals surface area contributed by atoms with Gasteiger partial charge in [0.05, 0.1) is 6.07 Å². The highest BCUT2D eigenvalue weighted by Gasteiger charge is 1.97. The van der Waals surface area contributed by atoms with E-state index in [1.165, 1.54) is 0 Å². The molecule has 0 aliphatic rings. The molecule has 0 aromatic rings. The lowest BCUT2D eigenvalue weighted by atomic mass is 10.2. The van der Waals surface area contributed by atoms with Gasteiger partial charge in [-0.1, -0.05) is 0 Å². The Labute approximate surface area is 85.7 Å². The van der Waals surface area contributed by atoms with Gasteiger partial charge in [-0.3, -0.25) is 4.79 Å². The zero-order chi connectivity index (χ0) is 10.6. The molecule has 0 bridgehead atoms. The summed E-state index contributed by atoms with van der Waals surface area (Å²) in [6, 6.07) is 2.10. The van der Waals surface area contributed by atoms with Gasteiger partial charge in [0.15, 0.2) is 0 Å². The predicted octanol–water partition coefficient (Wildman–Crippen LogP) is 0.796. The zero-order valence-corrected chi connectivity index (χ0v) is 8.81. The Morgan fingerprint density at radius 3 is 2.79 bits per heavy atom. The van der Waals surface area contributed by atoms with Gasteiger partial charge in [-0.25, -0.2) is 0 Å². The summed E-state index contributed by atoms with van der Waals surface area (Å²) in [6.45, 7) is 4.22. The van der Waals surface area contributed by atoms with Crippen LogP contribution in [-0.4, -0.2) is 25.5 Å². The summed E-state index contributed by atoms with van der Waals surface area (Å²) >= 11 is 0. The molecule has 0 aliphatic carbocycles. The number of nitrogens with one attached hydrogen (secondary N) is 2. The molecule has 0 unspecified atom stereocenters. The molecule has 0 atom stereocenters. The van der Waals surface area contributed by atoms with Crippen molar-refractivity contribution in [3.8, 4) is 6.07 Å². The Balaban J connectivity index is 3.06. The molecule has 4 nitrogen and oxygen atoms in total. The summed E-state index contributed by atoms with van der Waals surface area (Å²) in [5.41, 5.74) is 0. The van der Waals surface area contributed by atoms with Gasteiger partial charge in [-0.15, -0.1) is 0 Å². The van der Waals surface area contributed by atoms with E-state index in [4.69, 9.17) is 5.26 Å². The van der Waals surface area contributed by atoms with Crippen LogP contribution in [0.3, 0.4) is 0 Å². The van der Waals surface area contributed by atoms with Crippen LogP contribution in [0.25, 0.3) is 0 Å². The zero-order valence-electron chi connectivity index (χ0n) is 8.81. The van der Waals surface area contributed by atoms with Crippen molar-refractivity contribution in [1.82, 2.24) is 10.6 Å². The number of rotatable bonds is 8. The number of hydrogen-bond acceptors (Lipinski definition) is 3. The van der Waals surface area contributed by atoms with Gasteiger partial charge in [0.25, 0.3) is 0 Å². The lowest BCUT2D eigenvalue weighted by Gasteiger charge is -2.03. The largest absolute Gasteiger partial charge is 0.356 e. The maximum absolute atomic E-state index is 11.0. The van der Waals surface area contributed by atoms with Gasteiger partial charge in [0.1, 0.15) is 0 Å². The Morgan fingerprint density at radius 2 is 2.14 bits per heavy atom. The van der Waals surface area contributed by atoms with Crippen LogP contribution in [-0.2, 0) is 4.79 Å². The number of nitrogens with zero attached hydrogens (tertiary/aromatic N) is 1. The Kier molecular flexibility index (Phi) is 9.23. The Bertz CT molecular complexity index is 186. The third kappa shape index (κ3) is 9.01. The van der Waals surface area contributed by atoms with Crippen molar-refractivity contribution < 1.29 is 4.79 Å². The highest BCUT2D eigenvalue weighted by Crippen LogP contribution is 1.91. The average Bonchev–Trinajstić information content (AvgIpc) is 2.17. The smallest absolute Gasteiger partial charge is 0.221 e. The third-order valence-electron chi connectivity index (χ3n) is 1.79. The summed E-state index contributed by atoms with van der Waals surface area (Å²) in [7, 11) is 0. The van der Waals surface area contributed by atoms with E-state index in [9.17, 15) is 4.79 Å². The molecule has 0 aromatic carbocycles. The van der Waals surface area contributed by atoms with Crippen molar-refractivity contribution in [2.45, 2.75) is 32.6 Å². The van der Waals surface area contributed by atoms with Gasteiger partial charge in [0, 0.05) is 25.9 Å². The van der Waals surface area contributed by atoms with Gasteiger partial charge in [0.2, 0.25) is 5.91 Å². The van der Waals surface area contributed by atoms with Crippen LogP contribution < -0.4 is 10.6 Å². The van der Waals surface area contributed by atoms with E-state index in [0.29, 0.717) is 19.4 Å². The van der Waals surface area contributed by atoms with Crippen LogP contribution in [0.5, 0.6) is 0 Å².